The number of hydrogen-bond donors (Lipinski definition) is 1. The summed E-state index contributed by atoms with van der Waals surface area (Å²) in [6.07, 6.45) is 0. The quantitative estimate of drug-likeness (QED) is 0.837. The normalized spacial score (nSPS) is 12.5. The first-order chi connectivity index (χ1) is 8.09. The molecular formula is C15H16ClN. The van der Waals surface area contributed by atoms with Gasteiger partial charge < -0.3 is 5.73 Å². The molecule has 0 spiro atoms. The van der Waals surface area contributed by atoms with E-state index in [2.05, 4.69) is 25.1 Å². The Morgan fingerprint density at radius 2 is 1.82 bits per heavy atom. The van der Waals surface area contributed by atoms with Gasteiger partial charge in [0.25, 0.3) is 0 Å². The number of nitrogens with two attached hydrogens (primary N) is 1. The van der Waals surface area contributed by atoms with Crippen molar-refractivity contribution in [3.05, 3.63) is 58.6 Å². The van der Waals surface area contributed by atoms with Crippen LogP contribution in [0, 0.1) is 6.92 Å². The standard InChI is InChI=1S/C15H16ClN/c1-10-7-8-12(9-14(10)11(2)17)13-5-3-4-6-15(13)16/h3-9,11H,17H2,1-2H3. The monoisotopic (exact) mass is 245 g/mol. The minimum atomic E-state index is 0.0393. The van der Waals surface area contributed by atoms with E-state index in [0.717, 1.165) is 16.1 Å². The van der Waals surface area contributed by atoms with Crippen LogP contribution in [-0.2, 0) is 0 Å². The van der Waals surface area contributed by atoms with E-state index in [-0.39, 0.29) is 6.04 Å². The summed E-state index contributed by atoms with van der Waals surface area (Å²) in [7, 11) is 0. The van der Waals surface area contributed by atoms with Crippen LogP contribution in [0.15, 0.2) is 42.5 Å². The lowest BCUT2D eigenvalue weighted by atomic mass is 9.96. The Bertz CT molecular complexity index is 532. The van der Waals surface area contributed by atoms with Crippen molar-refractivity contribution in [2.24, 2.45) is 5.73 Å². The molecule has 0 aromatic heterocycles. The largest absolute Gasteiger partial charge is 0.324 e. The molecule has 0 heterocycles. The highest BCUT2D eigenvalue weighted by atomic mass is 35.5. The van der Waals surface area contributed by atoms with Crippen LogP contribution in [0.2, 0.25) is 5.02 Å². The van der Waals surface area contributed by atoms with E-state index >= 15 is 0 Å². The molecule has 0 bridgehead atoms. The van der Waals surface area contributed by atoms with Gasteiger partial charge in [0.05, 0.1) is 0 Å². The van der Waals surface area contributed by atoms with Crippen LogP contribution >= 0.6 is 11.6 Å². The van der Waals surface area contributed by atoms with Gasteiger partial charge in [-0.05, 0) is 42.7 Å². The molecule has 0 radical (unpaired) electrons. The van der Waals surface area contributed by atoms with E-state index in [9.17, 15) is 0 Å². The van der Waals surface area contributed by atoms with E-state index in [1.54, 1.807) is 0 Å². The average Bonchev–Trinajstić information content (AvgIpc) is 2.30. The van der Waals surface area contributed by atoms with Crippen LogP contribution < -0.4 is 5.73 Å². The van der Waals surface area contributed by atoms with Crippen LogP contribution in [-0.4, -0.2) is 0 Å². The summed E-state index contributed by atoms with van der Waals surface area (Å²) in [6, 6.07) is 14.2. The molecule has 17 heavy (non-hydrogen) atoms. The highest BCUT2D eigenvalue weighted by molar-refractivity contribution is 6.33. The smallest absolute Gasteiger partial charge is 0.0484 e. The van der Waals surface area contributed by atoms with Gasteiger partial charge in [0, 0.05) is 16.6 Å². The van der Waals surface area contributed by atoms with Crippen molar-refractivity contribution in [1.82, 2.24) is 0 Å². The van der Waals surface area contributed by atoms with Gasteiger partial charge in [-0.2, -0.15) is 0 Å². The van der Waals surface area contributed by atoms with Crippen LogP contribution in [0.5, 0.6) is 0 Å². The first-order valence-electron chi connectivity index (χ1n) is 5.70. The van der Waals surface area contributed by atoms with Crippen LogP contribution in [0.1, 0.15) is 24.1 Å². The maximum atomic E-state index is 6.20. The Balaban J connectivity index is 2.54. The minimum absolute atomic E-state index is 0.0393. The fraction of sp³-hybridized carbons (Fsp3) is 0.200. The Hall–Kier alpha value is -1.31. The molecule has 1 atom stereocenters. The van der Waals surface area contributed by atoms with Gasteiger partial charge in [-0.25, -0.2) is 0 Å². The second-order valence-corrected chi connectivity index (χ2v) is 4.75. The van der Waals surface area contributed by atoms with Gasteiger partial charge in [0.1, 0.15) is 0 Å². The molecule has 2 heteroatoms. The third-order valence-electron chi connectivity index (χ3n) is 2.95. The molecule has 0 aliphatic carbocycles. The molecule has 1 nitrogen and oxygen atoms in total. The fourth-order valence-corrected chi connectivity index (χ4v) is 2.24. The maximum Gasteiger partial charge on any atom is 0.0484 e. The lowest BCUT2D eigenvalue weighted by molar-refractivity contribution is 0.810. The molecule has 88 valence electrons. The van der Waals surface area contributed by atoms with Gasteiger partial charge in [-0.15, -0.1) is 0 Å². The Kier molecular flexibility index (Phi) is 3.51. The Morgan fingerprint density at radius 3 is 2.47 bits per heavy atom. The SMILES string of the molecule is Cc1ccc(-c2ccccc2Cl)cc1C(C)N. The Labute approximate surface area is 107 Å². The van der Waals surface area contributed by atoms with Gasteiger partial charge in [0.15, 0.2) is 0 Å². The van der Waals surface area contributed by atoms with Crippen molar-refractivity contribution in [2.75, 3.05) is 0 Å². The van der Waals surface area contributed by atoms with E-state index < -0.39 is 0 Å². The molecular weight excluding hydrogens is 230 g/mol. The lowest BCUT2D eigenvalue weighted by Crippen LogP contribution is -2.06. The van der Waals surface area contributed by atoms with E-state index in [4.69, 9.17) is 17.3 Å². The zero-order valence-electron chi connectivity index (χ0n) is 10.1. The molecule has 2 rings (SSSR count). The highest BCUT2D eigenvalue weighted by Gasteiger charge is 2.08. The number of rotatable bonds is 2. The maximum absolute atomic E-state index is 6.20. The molecule has 0 amide bonds. The van der Waals surface area contributed by atoms with Gasteiger partial charge >= 0.3 is 0 Å². The summed E-state index contributed by atoms with van der Waals surface area (Å²) in [5.41, 5.74) is 10.5. The van der Waals surface area contributed by atoms with E-state index in [1.165, 1.54) is 11.1 Å². The number of aryl methyl sites for hydroxylation is 1. The van der Waals surface area contributed by atoms with Crippen LogP contribution in [0.4, 0.5) is 0 Å². The third kappa shape index (κ3) is 2.51. The van der Waals surface area contributed by atoms with Gasteiger partial charge in [0.2, 0.25) is 0 Å². The molecule has 1 unspecified atom stereocenters. The van der Waals surface area contributed by atoms with E-state index in [1.807, 2.05) is 31.2 Å². The summed E-state index contributed by atoms with van der Waals surface area (Å²) < 4.78 is 0. The molecule has 2 aromatic carbocycles. The van der Waals surface area contributed by atoms with Crippen molar-refractivity contribution >= 4 is 11.6 Å². The summed E-state index contributed by atoms with van der Waals surface area (Å²) in [5.74, 6) is 0. The van der Waals surface area contributed by atoms with Crippen LogP contribution in [0.25, 0.3) is 11.1 Å². The minimum Gasteiger partial charge on any atom is -0.324 e. The fourth-order valence-electron chi connectivity index (χ4n) is 1.99. The third-order valence-corrected chi connectivity index (χ3v) is 3.28. The van der Waals surface area contributed by atoms with Crippen molar-refractivity contribution in [1.29, 1.82) is 0 Å². The molecule has 0 saturated carbocycles. The molecule has 2 aromatic rings. The number of hydrogen-bond acceptors (Lipinski definition) is 1. The zero-order chi connectivity index (χ0) is 12.4. The second kappa shape index (κ2) is 4.91. The van der Waals surface area contributed by atoms with Crippen molar-refractivity contribution in [3.63, 3.8) is 0 Å². The predicted octanol–water partition coefficient (Wildman–Crippen LogP) is 4.34. The summed E-state index contributed by atoms with van der Waals surface area (Å²) in [6.45, 7) is 4.08. The van der Waals surface area contributed by atoms with Crippen molar-refractivity contribution in [3.8, 4) is 11.1 Å². The molecule has 2 N–H and O–H groups in total. The first-order valence-corrected chi connectivity index (χ1v) is 6.08. The second-order valence-electron chi connectivity index (χ2n) is 4.34. The lowest BCUT2D eigenvalue weighted by Gasteiger charge is -2.12. The average molecular weight is 246 g/mol. The number of benzene rings is 2. The van der Waals surface area contributed by atoms with Gasteiger partial charge in [-0.3, -0.25) is 0 Å². The summed E-state index contributed by atoms with van der Waals surface area (Å²) in [4.78, 5) is 0. The first kappa shape index (κ1) is 12.2. The van der Waals surface area contributed by atoms with E-state index in [0.29, 0.717) is 0 Å². The Morgan fingerprint density at radius 1 is 1.12 bits per heavy atom. The molecule has 0 saturated heterocycles. The highest BCUT2D eigenvalue weighted by Crippen LogP contribution is 2.30. The summed E-state index contributed by atoms with van der Waals surface area (Å²) in [5, 5.41) is 0.770. The van der Waals surface area contributed by atoms with Gasteiger partial charge in [-0.1, -0.05) is 41.9 Å². The molecule has 0 aliphatic rings. The molecule has 0 aliphatic heterocycles. The number of halogens is 1. The molecule has 0 fully saturated rings. The van der Waals surface area contributed by atoms with Crippen molar-refractivity contribution in [2.45, 2.75) is 19.9 Å². The summed E-state index contributed by atoms with van der Waals surface area (Å²) >= 11 is 6.20. The van der Waals surface area contributed by atoms with Crippen LogP contribution in [0.3, 0.4) is 0 Å². The van der Waals surface area contributed by atoms with Crippen molar-refractivity contribution < 1.29 is 0 Å². The predicted molar refractivity (Wildman–Crippen MR) is 74.2 cm³/mol. The zero-order valence-corrected chi connectivity index (χ0v) is 10.8. The topological polar surface area (TPSA) is 26.0 Å².